The fourth-order valence-electron chi connectivity index (χ4n) is 1.89. The molecule has 1 fully saturated rings. The van der Waals surface area contributed by atoms with Gasteiger partial charge < -0.3 is 10.9 Å². The number of quaternary nitrogens is 1. The summed E-state index contributed by atoms with van der Waals surface area (Å²) in [6, 6.07) is 0.308. The first-order valence-corrected chi connectivity index (χ1v) is 4.11. The van der Waals surface area contributed by atoms with Crippen LogP contribution in [0.4, 0.5) is 0 Å². The van der Waals surface area contributed by atoms with E-state index in [9.17, 15) is 5.21 Å². The number of hydroxylamine groups is 2. The molecular weight excluding hydrogens is 140 g/mol. The van der Waals surface area contributed by atoms with Gasteiger partial charge in [0.25, 0.3) is 0 Å². The second-order valence-corrected chi connectivity index (χ2v) is 4.68. The summed E-state index contributed by atoms with van der Waals surface area (Å²) in [6.45, 7) is 8.14. The van der Waals surface area contributed by atoms with E-state index in [0.717, 1.165) is 6.42 Å². The molecule has 0 spiro atoms. The van der Waals surface area contributed by atoms with E-state index >= 15 is 0 Å². The summed E-state index contributed by atoms with van der Waals surface area (Å²) in [5.41, 5.74) is 3.74. The van der Waals surface area contributed by atoms with Gasteiger partial charge in [0, 0.05) is 12.0 Å². The molecule has 11 heavy (non-hydrogen) atoms. The van der Waals surface area contributed by atoms with Gasteiger partial charge in [-0.25, -0.2) is 0 Å². The van der Waals surface area contributed by atoms with Crippen molar-refractivity contribution in [3.63, 3.8) is 0 Å². The molecule has 1 atom stereocenters. The molecular formula is C8H19N2O+. The minimum atomic E-state index is -0.177. The standard InChI is InChI=1S/C8H18N2O/c1-7(2)5-6(9)8(3,4)10(7)11/h6,11H,5,9H2,1-4H3/p+1/t6-/m0/s1. The topological polar surface area (TPSA) is 51.1 Å². The molecule has 0 aromatic rings. The first kappa shape index (κ1) is 8.97. The van der Waals surface area contributed by atoms with Gasteiger partial charge in [-0.1, -0.05) is 0 Å². The molecule has 0 aliphatic carbocycles. The second kappa shape index (κ2) is 2.19. The van der Waals surface area contributed by atoms with Crippen LogP contribution in [0, 0.1) is 0 Å². The lowest BCUT2D eigenvalue weighted by molar-refractivity contribution is -0.438. The van der Waals surface area contributed by atoms with E-state index in [1.807, 2.05) is 27.7 Å². The van der Waals surface area contributed by atoms with E-state index in [0.29, 0.717) is 6.04 Å². The Labute approximate surface area is 68.1 Å². The highest BCUT2D eigenvalue weighted by atomic mass is 16.5. The maximum absolute atomic E-state index is 9.75. The predicted octanol–water partition coefficient (Wildman–Crippen LogP) is 0.249. The minimum absolute atomic E-state index is 0.115. The maximum Gasteiger partial charge on any atom is 0.107 e. The molecule has 0 radical (unpaired) electrons. The van der Waals surface area contributed by atoms with E-state index in [1.54, 1.807) is 0 Å². The lowest BCUT2D eigenvalue weighted by atomic mass is 9.95. The Balaban J connectivity index is 2.89. The molecule has 4 N–H and O–H groups in total. The van der Waals surface area contributed by atoms with Crippen molar-refractivity contribution in [1.29, 1.82) is 0 Å². The molecule has 0 unspecified atom stereocenters. The first-order valence-electron chi connectivity index (χ1n) is 4.11. The fourth-order valence-corrected chi connectivity index (χ4v) is 1.89. The van der Waals surface area contributed by atoms with Crippen molar-refractivity contribution in [3.8, 4) is 0 Å². The number of hydrogen-bond donors (Lipinski definition) is 2. The van der Waals surface area contributed by atoms with E-state index in [2.05, 4.69) is 5.73 Å². The second-order valence-electron chi connectivity index (χ2n) is 4.68. The molecule has 3 nitrogen and oxygen atoms in total. The van der Waals surface area contributed by atoms with Gasteiger partial charge in [-0.2, -0.15) is 5.06 Å². The van der Waals surface area contributed by atoms with Crippen molar-refractivity contribution in [2.24, 2.45) is 0 Å². The van der Waals surface area contributed by atoms with Gasteiger partial charge in [0.1, 0.15) is 6.04 Å². The van der Waals surface area contributed by atoms with Gasteiger partial charge in [-0.15, -0.1) is 0 Å². The molecule has 1 rings (SSSR count). The highest BCUT2D eigenvalue weighted by molar-refractivity contribution is 5.01. The Morgan fingerprint density at radius 1 is 1.36 bits per heavy atom. The number of hydrogen-bond acceptors (Lipinski definition) is 2. The van der Waals surface area contributed by atoms with Gasteiger partial charge in [0.05, 0.1) is 5.54 Å². The lowest BCUT2D eigenvalue weighted by Crippen LogP contribution is -2.69. The molecule has 1 aliphatic heterocycles. The van der Waals surface area contributed by atoms with Crippen molar-refractivity contribution >= 4 is 0 Å². The van der Waals surface area contributed by atoms with Gasteiger partial charge >= 0.3 is 0 Å². The molecule has 0 saturated carbocycles. The van der Waals surface area contributed by atoms with Crippen LogP contribution < -0.4 is 5.73 Å². The molecule has 0 bridgehead atoms. The Morgan fingerprint density at radius 3 is 1.91 bits per heavy atom. The van der Waals surface area contributed by atoms with Crippen LogP contribution in [0.5, 0.6) is 0 Å². The number of rotatable bonds is 0. The zero-order valence-electron chi connectivity index (χ0n) is 7.89. The Morgan fingerprint density at radius 2 is 1.82 bits per heavy atom. The summed E-state index contributed by atoms with van der Waals surface area (Å²) < 4.78 is 0. The molecule has 0 aromatic heterocycles. The van der Waals surface area contributed by atoms with Gasteiger partial charge in [0.15, 0.2) is 0 Å². The molecule has 3 heteroatoms. The summed E-state index contributed by atoms with van der Waals surface area (Å²) in [6.07, 6.45) is 0.955. The maximum atomic E-state index is 9.75. The zero-order chi connectivity index (χ0) is 8.86. The highest BCUT2D eigenvalue weighted by Crippen LogP contribution is 2.36. The largest absolute Gasteiger partial charge is 0.353 e. The molecule has 66 valence electrons. The van der Waals surface area contributed by atoms with E-state index in [4.69, 9.17) is 0 Å². The van der Waals surface area contributed by atoms with Crippen LogP contribution >= 0.6 is 0 Å². The van der Waals surface area contributed by atoms with Crippen LogP contribution in [0.15, 0.2) is 0 Å². The van der Waals surface area contributed by atoms with Crippen LogP contribution in [-0.4, -0.2) is 27.4 Å². The Hall–Kier alpha value is -0.120. The van der Waals surface area contributed by atoms with Crippen molar-refractivity contribution < 1.29 is 10.9 Å². The molecule has 0 aromatic carbocycles. The van der Waals surface area contributed by atoms with Crippen LogP contribution in [0.3, 0.4) is 0 Å². The SMILES string of the molecule is CC1(C)C[C@H]([NH3+])C(C)(C)N1O. The van der Waals surface area contributed by atoms with Crippen molar-refractivity contribution in [1.82, 2.24) is 5.06 Å². The summed E-state index contributed by atoms with van der Waals surface area (Å²) in [5.74, 6) is 0. The number of nitrogens with zero attached hydrogens (tertiary/aromatic N) is 1. The van der Waals surface area contributed by atoms with E-state index in [-0.39, 0.29) is 11.1 Å². The van der Waals surface area contributed by atoms with Gasteiger partial charge in [0.2, 0.25) is 0 Å². The Kier molecular flexibility index (Phi) is 1.78. The van der Waals surface area contributed by atoms with Crippen LogP contribution in [0.1, 0.15) is 34.1 Å². The monoisotopic (exact) mass is 159 g/mol. The van der Waals surface area contributed by atoms with Crippen LogP contribution in [0.2, 0.25) is 0 Å². The van der Waals surface area contributed by atoms with Crippen LogP contribution in [-0.2, 0) is 0 Å². The minimum Gasteiger partial charge on any atom is -0.353 e. The average molecular weight is 159 g/mol. The smallest absolute Gasteiger partial charge is 0.107 e. The third kappa shape index (κ3) is 1.17. The third-order valence-electron chi connectivity index (χ3n) is 2.86. The Bertz CT molecular complexity index is 165. The summed E-state index contributed by atoms with van der Waals surface area (Å²) in [7, 11) is 0. The van der Waals surface area contributed by atoms with Crippen LogP contribution in [0.25, 0.3) is 0 Å². The first-order chi connectivity index (χ1) is 4.78. The predicted molar refractivity (Wildman–Crippen MR) is 43.1 cm³/mol. The molecule has 1 aliphatic rings. The summed E-state index contributed by atoms with van der Waals surface area (Å²) in [4.78, 5) is 0. The normalized spacial score (nSPS) is 36.0. The van der Waals surface area contributed by atoms with Crippen molar-refractivity contribution in [3.05, 3.63) is 0 Å². The third-order valence-corrected chi connectivity index (χ3v) is 2.86. The summed E-state index contributed by atoms with van der Waals surface area (Å²) >= 11 is 0. The highest BCUT2D eigenvalue weighted by Gasteiger charge is 2.52. The lowest BCUT2D eigenvalue weighted by Gasteiger charge is -2.33. The molecule has 0 amide bonds. The fraction of sp³-hybridized carbons (Fsp3) is 1.00. The zero-order valence-corrected chi connectivity index (χ0v) is 7.89. The van der Waals surface area contributed by atoms with Gasteiger partial charge in [-0.05, 0) is 27.7 Å². The summed E-state index contributed by atoms with van der Waals surface area (Å²) in [5, 5.41) is 11.2. The van der Waals surface area contributed by atoms with E-state index in [1.165, 1.54) is 5.06 Å². The molecule has 1 heterocycles. The van der Waals surface area contributed by atoms with Gasteiger partial charge in [-0.3, -0.25) is 0 Å². The van der Waals surface area contributed by atoms with Crippen molar-refractivity contribution in [2.45, 2.75) is 51.2 Å². The van der Waals surface area contributed by atoms with Crippen molar-refractivity contribution in [2.75, 3.05) is 0 Å². The average Bonchev–Trinajstić information content (AvgIpc) is 1.94. The molecule has 1 saturated heterocycles. The quantitative estimate of drug-likeness (QED) is 0.532. The van der Waals surface area contributed by atoms with E-state index < -0.39 is 0 Å².